The fourth-order valence-corrected chi connectivity index (χ4v) is 18.5. The number of esters is 1. The molecule has 0 saturated heterocycles. The molecule has 0 radical (unpaired) electrons. The first-order valence-electron chi connectivity index (χ1n) is 25.2. The van der Waals surface area contributed by atoms with Crippen molar-refractivity contribution < 1.29 is 47.7 Å². The van der Waals surface area contributed by atoms with Gasteiger partial charge in [0.05, 0.1) is 30.2 Å². The van der Waals surface area contributed by atoms with Crippen LogP contribution in [0.2, 0.25) is 0 Å². The molecule has 0 aromatic heterocycles. The van der Waals surface area contributed by atoms with Crippen LogP contribution in [0.25, 0.3) is 0 Å². The summed E-state index contributed by atoms with van der Waals surface area (Å²) in [5.41, 5.74) is -0.0398. The Bertz CT molecular complexity index is 1760. The number of carbonyl (C=O) groups excluding carboxylic acids is 2. The fraction of sp³-hybridized carbons (Fsp3) is 0.960. The lowest BCUT2D eigenvalue weighted by atomic mass is 9.43. The van der Waals surface area contributed by atoms with Crippen LogP contribution in [-0.2, 0) is 24.4 Å². The molecule has 8 fully saturated rings. The molecule has 354 valence electrons. The largest absolute Gasteiger partial charge is 0.462 e. The van der Waals surface area contributed by atoms with E-state index in [1.54, 1.807) is 0 Å². The van der Waals surface area contributed by atoms with Gasteiger partial charge in [0.2, 0.25) is 5.91 Å². The standard InChI is InChI=1S/C50H83NO10S/c1-28(7-13-43(56)51-21-22-62(58,59)60)34-9-11-36-45-37(17-20-49(34,36)5)47(3)19-16-33(24-31(47)26-40(45)53)61-44(57)14-8-29(2)35-10-12-38-46-39(27-42(55)50(35,38)6)48(4)18-15-32(52)23-30(48)25-41(46)54/h28-42,45-46,52-55H,7-27H2,1-6H3,(H,51,56)(H,58,59,60)/t28-,29-,30+,31+,32-,33-,34-,35-,36+,37+,38+,39+,40+,41+,42+,45+,46+,47+,48+,49-,50-/m1/s1. The lowest BCUT2D eigenvalue weighted by Gasteiger charge is -2.63. The monoisotopic (exact) mass is 890 g/mol. The number of fused-ring (bicyclic) bond motifs is 10. The SMILES string of the molecule is C[C@H](CCC(=O)NCCS(=O)(=O)O)[C@H]1CC[C@H]2[C@@H]3[C@@H](O)C[C@@H]4C[C@H](OC(=O)CC[C@@H](C)[C@H]5CC[C@H]6[C@@H]7[C@@H](O)C[C@@H]8C[C@H](O)CC[C@]8(C)[C@H]7C[C@H](O)[C@]56C)CC[C@]4(C)[C@H]3CC[C@]12C. The van der Waals surface area contributed by atoms with Crippen LogP contribution in [0, 0.1) is 92.7 Å². The molecule has 0 spiro atoms. The van der Waals surface area contributed by atoms with Gasteiger partial charge in [0.25, 0.3) is 10.1 Å². The minimum absolute atomic E-state index is 0.0501. The summed E-state index contributed by atoms with van der Waals surface area (Å²) in [7, 11) is -4.11. The second kappa shape index (κ2) is 17.4. The van der Waals surface area contributed by atoms with Crippen molar-refractivity contribution in [1.29, 1.82) is 0 Å². The number of amides is 1. The minimum atomic E-state index is -4.11. The highest BCUT2D eigenvalue weighted by atomic mass is 32.2. The van der Waals surface area contributed by atoms with Crippen molar-refractivity contribution in [2.75, 3.05) is 12.3 Å². The van der Waals surface area contributed by atoms with E-state index < -0.39 is 28.1 Å². The maximum Gasteiger partial charge on any atom is 0.306 e. The van der Waals surface area contributed by atoms with Gasteiger partial charge in [0.15, 0.2) is 0 Å². The van der Waals surface area contributed by atoms with Crippen molar-refractivity contribution in [2.24, 2.45) is 92.7 Å². The van der Waals surface area contributed by atoms with Crippen LogP contribution < -0.4 is 5.32 Å². The van der Waals surface area contributed by atoms with Gasteiger partial charge in [0.1, 0.15) is 6.10 Å². The highest BCUT2D eigenvalue weighted by Crippen LogP contribution is 2.70. The van der Waals surface area contributed by atoms with Gasteiger partial charge >= 0.3 is 5.97 Å². The summed E-state index contributed by atoms with van der Waals surface area (Å²) >= 11 is 0. The third kappa shape index (κ3) is 8.27. The molecule has 0 heterocycles. The number of nitrogens with one attached hydrogen (secondary N) is 1. The van der Waals surface area contributed by atoms with Crippen molar-refractivity contribution >= 4 is 22.0 Å². The molecule has 0 bridgehead atoms. The van der Waals surface area contributed by atoms with Gasteiger partial charge in [0, 0.05) is 19.4 Å². The Labute approximate surface area is 372 Å². The predicted octanol–water partition coefficient (Wildman–Crippen LogP) is 7.33. The molecular formula is C50H83NO10S. The van der Waals surface area contributed by atoms with Gasteiger partial charge in [-0.25, -0.2) is 0 Å². The normalized spacial score (nSPS) is 49.5. The quantitative estimate of drug-likeness (QED) is 0.0855. The molecule has 11 nitrogen and oxygen atoms in total. The molecule has 0 unspecified atom stereocenters. The van der Waals surface area contributed by atoms with Crippen LogP contribution in [0.4, 0.5) is 0 Å². The molecule has 21 atom stereocenters. The van der Waals surface area contributed by atoms with E-state index in [9.17, 15) is 38.4 Å². The summed E-state index contributed by atoms with van der Waals surface area (Å²) < 4.78 is 37.3. The highest BCUT2D eigenvalue weighted by molar-refractivity contribution is 7.85. The summed E-state index contributed by atoms with van der Waals surface area (Å²) in [6.07, 6.45) is 14.4. The molecule has 8 saturated carbocycles. The Morgan fingerprint density at radius 1 is 0.661 bits per heavy atom. The lowest BCUT2D eigenvalue weighted by molar-refractivity contribution is -0.207. The molecule has 0 aromatic rings. The second-order valence-electron chi connectivity index (χ2n) is 24.1. The summed E-state index contributed by atoms with van der Waals surface area (Å²) in [6.45, 7) is 14.0. The molecule has 8 rings (SSSR count). The predicted molar refractivity (Wildman–Crippen MR) is 237 cm³/mol. The van der Waals surface area contributed by atoms with Crippen LogP contribution in [0.5, 0.6) is 0 Å². The first-order chi connectivity index (χ1) is 29.1. The summed E-state index contributed by atoms with van der Waals surface area (Å²) in [5, 5.41) is 48.8. The number of hydrogen-bond acceptors (Lipinski definition) is 9. The van der Waals surface area contributed by atoms with E-state index in [0.29, 0.717) is 48.3 Å². The number of aliphatic hydroxyl groups excluding tert-OH is 4. The first-order valence-corrected chi connectivity index (χ1v) is 26.8. The third-order valence-electron chi connectivity index (χ3n) is 21.5. The van der Waals surface area contributed by atoms with Gasteiger partial charge in [-0.2, -0.15) is 8.42 Å². The third-order valence-corrected chi connectivity index (χ3v) is 22.2. The Kier molecular flexibility index (Phi) is 13.2. The van der Waals surface area contributed by atoms with Crippen molar-refractivity contribution in [3.05, 3.63) is 0 Å². The Balaban J connectivity index is 0.827. The Hall–Kier alpha value is -1.31. The van der Waals surface area contributed by atoms with Crippen LogP contribution in [0.1, 0.15) is 164 Å². The summed E-state index contributed by atoms with van der Waals surface area (Å²) in [4.78, 5) is 26.1. The van der Waals surface area contributed by atoms with E-state index in [2.05, 4.69) is 46.9 Å². The molecule has 12 heteroatoms. The highest BCUT2D eigenvalue weighted by Gasteiger charge is 2.66. The molecular weight excluding hydrogens is 807 g/mol. The van der Waals surface area contributed by atoms with E-state index in [1.165, 1.54) is 0 Å². The van der Waals surface area contributed by atoms with Crippen LogP contribution in [0.3, 0.4) is 0 Å². The zero-order chi connectivity index (χ0) is 44.7. The van der Waals surface area contributed by atoms with Gasteiger partial charge in [-0.05, 0) is 202 Å². The molecule has 62 heavy (non-hydrogen) atoms. The maximum atomic E-state index is 13.6. The lowest BCUT2D eigenvalue weighted by Crippen LogP contribution is -2.62. The van der Waals surface area contributed by atoms with Crippen LogP contribution in [0.15, 0.2) is 0 Å². The van der Waals surface area contributed by atoms with Crippen molar-refractivity contribution in [2.45, 2.75) is 194 Å². The molecule has 0 aromatic carbocycles. The van der Waals surface area contributed by atoms with Gasteiger partial charge in [-0.15, -0.1) is 0 Å². The van der Waals surface area contributed by atoms with Gasteiger partial charge < -0.3 is 30.5 Å². The Morgan fingerprint density at radius 2 is 1.23 bits per heavy atom. The maximum absolute atomic E-state index is 13.6. The van der Waals surface area contributed by atoms with Crippen molar-refractivity contribution in [3.8, 4) is 0 Å². The van der Waals surface area contributed by atoms with Crippen LogP contribution >= 0.6 is 0 Å². The molecule has 1 amide bonds. The first kappa shape index (κ1) is 47.2. The minimum Gasteiger partial charge on any atom is -0.462 e. The second-order valence-corrected chi connectivity index (χ2v) is 25.7. The number of ether oxygens (including phenoxy) is 1. The van der Waals surface area contributed by atoms with Gasteiger partial charge in [-0.1, -0.05) is 41.5 Å². The van der Waals surface area contributed by atoms with E-state index in [4.69, 9.17) is 9.29 Å². The molecule has 8 aliphatic rings. The number of aliphatic hydroxyl groups is 4. The molecule has 8 aliphatic carbocycles. The average molecular weight is 890 g/mol. The smallest absolute Gasteiger partial charge is 0.306 e. The zero-order valence-corrected chi connectivity index (χ0v) is 39.7. The Morgan fingerprint density at radius 3 is 1.94 bits per heavy atom. The van der Waals surface area contributed by atoms with E-state index >= 15 is 0 Å². The zero-order valence-electron chi connectivity index (χ0n) is 38.8. The van der Waals surface area contributed by atoms with Gasteiger partial charge in [-0.3, -0.25) is 14.1 Å². The van der Waals surface area contributed by atoms with Crippen molar-refractivity contribution in [3.63, 3.8) is 0 Å². The molecule has 6 N–H and O–H groups in total. The number of hydrogen-bond donors (Lipinski definition) is 6. The average Bonchev–Trinajstić information content (AvgIpc) is 3.75. The topological polar surface area (TPSA) is 191 Å². The van der Waals surface area contributed by atoms with Crippen LogP contribution in [-0.4, -0.2) is 88.1 Å². The number of carbonyl (C=O) groups is 2. The molecule has 0 aliphatic heterocycles. The van der Waals surface area contributed by atoms with E-state index in [0.717, 1.165) is 109 Å². The summed E-state index contributed by atoms with van der Waals surface area (Å²) in [5.74, 6) is 2.97. The summed E-state index contributed by atoms with van der Waals surface area (Å²) in [6, 6.07) is 0. The fourth-order valence-electron chi connectivity index (χ4n) is 18.2. The van der Waals surface area contributed by atoms with Crippen molar-refractivity contribution in [1.82, 2.24) is 5.32 Å². The van der Waals surface area contributed by atoms with E-state index in [-0.39, 0.29) is 93.9 Å². The van der Waals surface area contributed by atoms with E-state index in [1.807, 2.05) is 0 Å². The number of rotatable bonds is 12.